The number of aliphatic hydroxyl groups excluding tert-OH is 1. The van der Waals surface area contributed by atoms with Crippen LogP contribution < -0.4 is 4.74 Å². The van der Waals surface area contributed by atoms with Gasteiger partial charge in [0.25, 0.3) is 0 Å². The maximum absolute atomic E-state index is 12.0. The molecular weight excluding hydrogens is 242 g/mol. The predicted octanol–water partition coefficient (Wildman–Crippen LogP) is 1.47. The number of rotatable bonds is 5. The van der Waals surface area contributed by atoms with Crippen LogP contribution in [-0.2, 0) is 11.2 Å². The lowest BCUT2D eigenvalue weighted by atomic mass is 10.1. The fraction of sp³-hybridized carbons (Fsp3) is 0.533. The molecule has 1 heterocycles. The SMILES string of the molecule is COc1cccc(CCC(=O)N2CCC(CO)C2)c1. The number of nitrogens with zero attached hydrogens (tertiary/aromatic N) is 1. The smallest absolute Gasteiger partial charge is 0.222 e. The van der Waals surface area contributed by atoms with Crippen LogP contribution in [0.2, 0.25) is 0 Å². The van der Waals surface area contributed by atoms with Gasteiger partial charge in [0, 0.05) is 32.0 Å². The quantitative estimate of drug-likeness (QED) is 0.875. The first-order chi connectivity index (χ1) is 9.22. The van der Waals surface area contributed by atoms with Gasteiger partial charge in [-0.1, -0.05) is 12.1 Å². The Balaban J connectivity index is 1.83. The van der Waals surface area contributed by atoms with Gasteiger partial charge in [0.15, 0.2) is 0 Å². The molecule has 1 saturated heterocycles. The third-order valence-corrected chi connectivity index (χ3v) is 3.66. The number of carbonyl (C=O) groups excluding carboxylic acids is 1. The lowest BCUT2D eigenvalue weighted by Gasteiger charge is -2.16. The minimum atomic E-state index is 0.179. The molecule has 1 aromatic rings. The molecular formula is C15H21NO3. The van der Waals surface area contributed by atoms with Crippen molar-refractivity contribution < 1.29 is 14.6 Å². The van der Waals surface area contributed by atoms with Crippen LogP contribution >= 0.6 is 0 Å². The molecule has 104 valence electrons. The Labute approximate surface area is 114 Å². The Morgan fingerprint density at radius 1 is 1.53 bits per heavy atom. The molecule has 4 heteroatoms. The molecule has 0 aliphatic carbocycles. The number of methoxy groups -OCH3 is 1. The van der Waals surface area contributed by atoms with Crippen LogP contribution in [0.15, 0.2) is 24.3 Å². The van der Waals surface area contributed by atoms with Crippen molar-refractivity contribution in [2.45, 2.75) is 19.3 Å². The van der Waals surface area contributed by atoms with E-state index in [4.69, 9.17) is 9.84 Å². The molecule has 1 fully saturated rings. The summed E-state index contributed by atoms with van der Waals surface area (Å²) in [5.74, 6) is 1.27. The lowest BCUT2D eigenvalue weighted by Crippen LogP contribution is -2.29. The molecule has 0 radical (unpaired) electrons. The molecule has 0 spiro atoms. The van der Waals surface area contributed by atoms with Gasteiger partial charge in [-0.05, 0) is 30.5 Å². The zero-order chi connectivity index (χ0) is 13.7. The van der Waals surface area contributed by atoms with E-state index in [1.807, 2.05) is 29.2 Å². The maximum Gasteiger partial charge on any atom is 0.222 e. The number of hydrogen-bond donors (Lipinski definition) is 1. The van der Waals surface area contributed by atoms with Crippen molar-refractivity contribution in [2.24, 2.45) is 5.92 Å². The molecule has 1 N–H and O–H groups in total. The Kier molecular flexibility index (Phi) is 4.80. The first-order valence-corrected chi connectivity index (χ1v) is 6.74. The summed E-state index contributed by atoms with van der Waals surface area (Å²) in [5.41, 5.74) is 1.12. The summed E-state index contributed by atoms with van der Waals surface area (Å²) in [4.78, 5) is 13.9. The zero-order valence-electron chi connectivity index (χ0n) is 11.3. The van der Waals surface area contributed by atoms with E-state index in [0.29, 0.717) is 13.0 Å². The van der Waals surface area contributed by atoms with E-state index in [0.717, 1.165) is 30.7 Å². The molecule has 1 atom stereocenters. The number of aryl methyl sites for hydroxylation is 1. The van der Waals surface area contributed by atoms with Crippen LogP contribution in [0.4, 0.5) is 0 Å². The highest BCUT2D eigenvalue weighted by Crippen LogP contribution is 2.18. The third kappa shape index (κ3) is 3.70. The van der Waals surface area contributed by atoms with E-state index < -0.39 is 0 Å². The van der Waals surface area contributed by atoms with Gasteiger partial charge in [-0.15, -0.1) is 0 Å². The lowest BCUT2D eigenvalue weighted by molar-refractivity contribution is -0.130. The molecule has 0 aromatic heterocycles. The van der Waals surface area contributed by atoms with Gasteiger partial charge in [-0.25, -0.2) is 0 Å². The Morgan fingerprint density at radius 3 is 3.05 bits per heavy atom. The number of benzene rings is 1. The van der Waals surface area contributed by atoms with Gasteiger partial charge in [-0.3, -0.25) is 4.79 Å². The fourth-order valence-corrected chi connectivity index (χ4v) is 2.45. The van der Waals surface area contributed by atoms with E-state index in [-0.39, 0.29) is 18.4 Å². The number of aliphatic hydroxyl groups is 1. The molecule has 19 heavy (non-hydrogen) atoms. The predicted molar refractivity (Wildman–Crippen MR) is 73.1 cm³/mol. The molecule has 0 bridgehead atoms. The summed E-state index contributed by atoms with van der Waals surface area (Å²) in [6.45, 7) is 1.66. The zero-order valence-corrected chi connectivity index (χ0v) is 11.3. The minimum Gasteiger partial charge on any atom is -0.497 e. The minimum absolute atomic E-state index is 0.179. The van der Waals surface area contributed by atoms with Crippen molar-refractivity contribution in [1.29, 1.82) is 0 Å². The molecule has 1 amide bonds. The molecule has 0 saturated carbocycles. The molecule has 4 nitrogen and oxygen atoms in total. The first-order valence-electron chi connectivity index (χ1n) is 6.74. The van der Waals surface area contributed by atoms with Crippen molar-refractivity contribution in [3.8, 4) is 5.75 Å². The fourth-order valence-electron chi connectivity index (χ4n) is 2.45. The second-order valence-corrected chi connectivity index (χ2v) is 5.03. The van der Waals surface area contributed by atoms with E-state index in [9.17, 15) is 4.79 Å². The monoisotopic (exact) mass is 263 g/mol. The van der Waals surface area contributed by atoms with Gasteiger partial charge >= 0.3 is 0 Å². The molecule has 1 aromatic carbocycles. The second-order valence-electron chi connectivity index (χ2n) is 5.03. The van der Waals surface area contributed by atoms with Crippen LogP contribution in [0.5, 0.6) is 5.75 Å². The molecule has 1 aliphatic heterocycles. The third-order valence-electron chi connectivity index (χ3n) is 3.66. The first kappa shape index (κ1) is 13.9. The average molecular weight is 263 g/mol. The van der Waals surface area contributed by atoms with Crippen LogP contribution in [0, 0.1) is 5.92 Å². The summed E-state index contributed by atoms with van der Waals surface area (Å²) in [5, 5.41) is 9.08. The topological polar surface area (TPSA) is 49.8 Å². The highest BCUT2D eigenvalue weighted by molar-refractivity contribution is 5.76. The number of hydrogen-bond acceptors (Lipinski definition) is 3. The molecule has 1 unspecified atom stereocenters. The highest BCUT2D eigenvalue weighted by atomic mass is 16.5. The van der Waals surface area contributed by atoms with Crippen molar-refractivity contribution >= 4 is 5.91 Å². The number of amides is 1. The standard InChI is InChI=1S/C15H21NO3/c1-19-14-4-2-3-12(9-14)5-6-15(18)16-8-7-13(10-16)11-17/h2-4,9,13,17H,5-8,10-11H2,1H3. The van der Waals surface area contributed by atoms with Crippen LogP contribution in [0.3, 0.4) is 0 Å². The molecule has 1 aliphatic rings. The summed E-state index contributed by atoms with van der Waals surface area (Å²) in [6.07, 6.45) is 2.17. The summed E-state index contributed by atoms with van der Waals surface area (Å²) >= 11 is 0. The van der Waals surface area contributed by atoms with Gasteiger partial charge in [0.1, 0.15) is 5.75 Å². The van der Waals surface area contributed by atoms with Crippen molar-refractivity contribution in [3.63, 3.8) is 0 Å². The Morgan fingerprint density at radius 2 is 2.37 bits per heavy atom. The number of ether oxygens (including phenoxy) is 1. The van der Waals surface area contributed by atoms with Gasteiger partial charge in [0.2, 0.25) is 5.91 Å². The highest BCUT2D eigenvalue weighted by Gasteiger charge is 2.25. The van der Waals surface area contributed by atoms with Gasteiger partial charge in [0.05, 0.1) is 7.11 Å². The van der Waals surface area contributed by atoms with Gasteiger partial charge in [-0.2, -0.15) is 0 Å². The average Bonchev–Trinajstić information content (AvgIpc) is 2.94. The largest absolute Gasteiger partial charge is 0.497 e. The summed E-state index contributed by atoms with van der Waals surface area (Å²) in [6, 6.07) is 7.82. The van der Waals surface area contributed by atoms with Crippen molar-refractivity contribution in [1.82, 2.24) is 4.90 Å². The second kappa shape index (κ2) is 6.57. The van der Waals surface area contributed by atoms with E-state index in [1.165, 1.54) is 0 Å². The van der Waals surface area contributed by atoms with Crippen LogP contribution in [0.25, 0.3) is 0 Å². The van der Waals surface area contributed by atoms with E-state index >= 15 is 0 Å². The van der Waals surface area contributed by atoms with Gasteiger partial charge < -0.3 is 14.7 Å². The molecule has 2 rings (SSSR count). The van der Waals surface area contributed by atoms with Crippen LogP contribution in [-0.4, -0.2) is 42.7 Å². The number of likely N-dealkylation sites (tertiary alicyclic amines) is 1. The maximum atomic E-state index is 12.0. The van der Waals surface area contributed by atoms with Crippen molar-refractivity contribution in [2.75, 3.05) is 26.8 Å². The summed E-state index contributed by atoms with van der Waals surface area (Å²) < 4.78 is 5.17. The van der Waals surface area contributed by atoms with Crippen LogP contribution in [0.1, 0.15) is 18.4 Å². The Hall–Kier alpha value is -1.55. The normalized spacial score (nSPS) is 18.6. The van der Waals surface area contributed by atoms with E-state index in [2.05, 4.69) is 0 Å². The van der Waals surface area contributed by atoms with E-state index in [1.54, 1.807) is 7.11 Å². The Bertz CT molecular complexity index is 433. The number of carbonyl (C=O) groups is 1. The van der Waals surface area contributed by atoms with Crippen molar-refractivity contribution in [3.05, 3.63) is 29.8 Å². The summed E-state index contributed by atoms with van der Waals surface area (Å²) in [7, 11) is 1.64.